The standard InChI is InChI=1S/C40H26O2Se2/c41-33-21-17-25-9-1-5-13-29(25)37(33)39-31-15-7-3-11-27(31)19-23-35(39)43-44-36-24-20-28-12-4-8-16-32(28)40(36)38-30-14-6-2-10-26(30)18-22-34(38)42/h1-24,41-42H. The molecule has 8 aromatic rings. The van der Waals surface area contributed by atoms with Crippen molar-refractivity contribution in [2.75, 3.05) is 0 Å². The number of phenolic OH excluding ortho intramolecular Hbond substituents is 2. The van der Waals surface area contributed by atoms with Gasteiger partial charge in [0.15, 0.2) is 0 Å². The topological polar surface area (TPSA) is 40.5 Å². The first kappa shape index (κ1) is 27.0. The molecule has 0 bridgehead atoms. The number of hydrogen-bond donors (Lipinski definition) is 2. The number of phenols is 2. The molecule has 0 fully saturated rings. The molecule has 2 nitrogen and oxygen atoms in total. The van der Waals surface area contributed by atoms with Crippen molar-refractivity contribution in [2.45, 2.75) is 0 Å². The van der Waals surface area contributed by atoms with Crippen LogP contribution in [0.4, 0.5) is 0 Å². The van der Waals surface area contributed by atoms with Gasteiger partial charge in [0.1, 0.15) is 0 Å². The molecule has 0 heterocycles. The number of rotatable bonds is 5. The maximum atomic E-state index is 11.4. The average molecular weight is 697 g/mol. The maximum absolute atomic E-state index is 11.4. The molecule has 0 saturated heterocycles. The Bertz CT molecular complexity index is 2210. The predicted octanol–water partition coefficient (Wildman–Crippen LogP) is 8.32. The van der Waals surface area contributed by atoms with Gasteiger partial charge < -0.3 is 0 Å². The molecule has 8 aromatic carbocycles. The summed E-state index contributed by atoms with van der Waals surface area (Å²) in [6.45, 7) is 0. The van der Waals surface area contributed by atoms with E-state index >= 15 is 0 Å². The van der Waals surface area contributed by atoms with Crippen LogP contribution in [0.25, 0.3) is 65.3 Å². The van der Waals surface area contributed by atoms with Crippen molar-refractivity contribution >= 4 is 78.3 Å². The van der Waals surface area contributed by atoms with E-state index in [1.165, 1.54) is 8.92 Å². The second kappa shape index (κ2) is 11.2. The first-order chi connectivity index (χ1) is 21.7. The van der Waals surface area contributed by atoms with Gasteiger partial charge >= 0.3 is 268 Å². The molecule has 44 heavy (non-hydrogen) atoms. The quantitative estimate of drug-likeness (QED) is 0.178. The Labute approximate surface area is 266 Å². The minimum absolute atomic E-state index is 0.0765. The van der Waals surface area contributed by atoms with Crippen molar-refractivity contribution in [3.63, 3.8) is 0 Å². The third-order valence-corrected chi connectivity index (χ3v) is 15.5. The van der Waals surface area contributed by atoms with Gasteiger partial charge in [0, 0.05) is 0 Å². The molecule has 2 N–H and O–H groups in total. The fourth-order valence-electron chi connectivity index (χ4n) is 6.29. The number of aromatic hydroxyl groups is 2. The molecule has 0 spiro atoms. The molecule has 0 saturated carbocycles. The molecule has 0 unspecified atom stereocenters. The summed E-state index contributed by atoms with van der Waals surface area (Å²) in [6.07, 6.45) is 0. The molecular formula is C40H26O2Se2. The van der Waals surface area contributed by atoms with Crippen LogP contribution in [0.1, 0.15) is 0 Å². The normalized spacial score (nSPS) is 11.5. The summed E-state index contributed by atoms with van der Waals surface area (Å²) in [5.74, 6) is 0.605. The van der Waals surface area contributed by atoms with E-state index in [9.17, 15) is 10.2 Å². The molecule has 0 atom stereocenters. The van der Waals surface area contributed by atoms with Crippen LogP contribution in [-0.4, -0.2) is 36.5 Å². The summed E-state index contributed by atoms with van der Waals surface area (Å²) in [5, 5.41) is 31.7. The molecule has 0 radical (unpaired) electrons. The second-order valence-electron chi connectivity index (χ2n) is 10.8. The van der Waals surface area contributed by atoms with E-state index < -0.39 is 0 Å². The van der Waals surface area contributed by atoms with Crippen molar-refractivity contribution < 1.29 is 10.2 Å². The first-order valence-corrected chi connectivity index (χ1v) is 20.5. The summed E-state index contributed by atoms with van der Waals surface area (Å²) in [4.78, 5) is 0. The van der Waals surface area contributed by atoms with Crippen molar-refractivity contribution in [3.8, 4) is 33.8 Å². The van der Waals surface area contributed by atoms with Gasteiger partial charge in [-0.1, -0.05) is 0 Å². The van der Waals surface area contributed by atoms with Crippen LogP contribution in [0, 0.1) is 0 Å². The van der Waals surface area contributed by atoms with Gasteiger partial charge in [-0.3, -0.25) is 0 Å². The van der Waals surface area contributed by atoms with E-state index in [1.54, 1.807) is 0 Å². The van der Waals surface area contributed by atoms with E-state index in [0.29, 0.717) is 11.5 Å². The Morgan fingerprint density at radius 3 is 0.955 bits per heavy atom. The zero-order chi connectivity index (χ0) is 29.6. The Morgan fingerprint density at radius 2 is 0.591 bits per heavy atom. The predicted molar refractivity (Wildman–Crippen MR) is 188 cm³/mol. The van der Waals surface area contributed by atoms with Crippen LogP contribution in [0.5, 0.6) is 11.5 Å². The zero-order valence-electron chi connectivity index (χ0n) is 23.6. The van der Waals surface area contributed by atoms with Crippen LogP contribution in [0.15, 0.2) is 146 Å². The van der Waals surface area contributed by atoms with Crippen molar-refractivity contribution in [1.29, 1.82) is 0 Å². The van der Waals surface area contributed by atoms with Crippen LogP contribution < -0.4 is 8.92 Å². The molecule has 210 valence electrons. The van der Waals surface area contributed by atoms with Gasteiger partial charge in [0.2, 0.25) is 0 Å². The molecule has 0 aliphatic heterocycles. The number of fused-ring (bicyclic) bond motifs is 4. The van der Waals surface area contributed by atoms with E-state index in [0.717, 1.165) is 65.3 Å². The van der Waals surface area contributed by atoms with Crippen LogP contribution in [0.2, 0.25) is 0 Å². The van der Waals surface area contributed by atoms with E-state index in [2.05, 4.69) is 97.1 Å². The Morgan fingerprint density at radius 1 is 0.295 bits per heavy atom. The molecule has 0 amide bonds. The number of benzene rings is 8. The Balaban J connectivity index is 1.34. The van der Waals surface area contributed by atoms with Gasteiger partial charge in [-0.2, -0.15) is 0 Å². The van der Waals surface area contributed by atoms with Crippen LogP contribution in [0.3, 0.4) is 0 Å². The van der Waals surface area contributed by atoms with Gasteiger partial charge in [-0.15, -0.1) is 0 Å². The molecule has 0 aliphatic rings. The summed E-state index contributed by atoms with van der Waals surface area (Å²) < 4.78 is 2.54. The summed E-state index contributed by atoms with van der Waals surface area (Å²) in [7, 11) is 0. The SMILES string of the molecule is Oc1ccc2ccccc2c1-c1c([Se][Se]c2ccc3ccccc3c2-c2c(O)ccc3ccccc23)ccc2ccccc12. The van der Waals surface area contributed by atoms with E-state index in [-0.39, 0.29) is 26.3 Å². The second-order valence-corrected chi connectivity index (χ2v) is 17.0. The molecule has 8 rings (SSSR count). The molecule has 0 aliphatic carbocycles. The third-order valence-electron chi connectivity index (χ3n) is 8.32. The Kier molecular flexibility index (Phi) is 6.86. The zero-order valence-corrected chi connectivity index (χ0v) is 27.0. The number of hydrogen-bond acceptors (Lipinski definition) is 2. The van der Waals surface area contributed by atoms with Crippen LogP contribution >= 0.6 is 0 Å². The van der Waals surface area contributed by atoms with Gasteiger partial charge in [0.25, 0.3) is 0 Å². The van der Waals surface area contributed by atoms with Gasteiger partial charge in [0.05, 0.1) is 0 Å². The van der Waals surface area contributed by atoms with Crippen molar-refractivity contribution in [2.24, 2.45) is 0 Å². The molecule has 0 aromatic heterocycles. The monoisotopic (exact) mass is 698 g/mol. The fraction of sp³-hybridized carbons (Fsp3) is 0. The fourth-order valence-corrected chi connectivity index (χ4v) is 13.4. The summed E-state index contributed by atoms with van der Waals surface area (Å²) in [6, 6.07) is 50.2. The molecule has 4 heteroatoms. The van der Waals surface area contributed by atoms with Crippen molar-refractivity contribution in [3.05, 3.63) is 146 Å². The van der Waals surface area contributed by atoms with Gasteiger partial charge in [-0.05, 0) is 0 Å². The first-order valence-electron chi connectivity index (χ1n) is 14.5. The summed E-state index contributed by atoms with van der Waals surface area (Å²) in [5.41, 5.74) is 4.04. The van der Waals surface area contributed by atoms with Crippen LogP contribution in [-0.2, 0) is 0 Å². The van der Waals surface area contributed by atoms with E-state index in [4.69, 9.17) is 0 Å². The van der Waals surface area contributed by atoms with Gasteiger partial charge in [-0.25, -0.2) is 0 Å². The average Bonchev–Trinajstić information content (AvgIpc) is 3.07. The Hall–Kier alpha value is -4.56. The van der Waals surface area contributed by atoms with E-state index in [1.807, 2.05) is 48.5 Å². The summed E-state index contributed by atoms with van der Waals surface area (Å²) >= 11 is 0.153. The minimum atomic E-state index is 0.0765. The molecular weight excluding hydrogens is 670 g/mol. The van der Waals surface area contributed by atoms with Crippen molar-refractivity contribution in [1.82, 2.24) is 0 Å². The third kappa shape index (κ3) is 4.56.